The minimum absolute atomic E-state index is 0.454. The van der Waals surface area contributed by atoms with Gasteiger partial charge in [0.25, 0.3) is 0 Å². The molecule has 5 nitrogen and oxygen atoms in total. The molecule has 5 heteroatoms. The number of carbonyl (C=O) groups excluding carboxylic acids is 1. The van der Waals surface area contributed by atoms with Crippen molar-refractivity contribution in [3.05, 3.63) is 35.9 Å². The van der Waals surface area contributed by atoms with Gasteiger partial charge in [0.05, 0.1) is 6.21 Å². The smallest absolute Gasteiger partial charge is 0.245 e. The molecular formula is C12H16N4O. The van der Waals surface area contributed by atoms with E-state index < -0.39 is 6.03 Å². The van der Waals surface area contributed by atoms with Crippen molar-refractivity contribution in [2.75, 3.05) is 0 Å². The van der Waals surface area contributed by atoms with E-state index in [-0.39, 0.29) is 0 Å². The lowest BCUT2D eigenvalue weighted by atomic mass is 10.2. The number of hydrogen-bond acceptors (Lipinski definition) is 3. The van der Waals surface area contributed by atoms with E-state index in [0.29, 0.717) is 0 Å². The third-order valence-electron chi connectivity index (χ3n) is 2.04. The first-order chi connectivity index (χ1) is 8.22. The predicted octanol–water partition coefficient (Wildman–Crippen LogP) is 2.11. The molecule has 2 amide bonds. The van der Waals surface area contributed by atoms with E-state index in [1.54, 1.807) is 6.21 Å². The second-order valence-corrected chi connectivity index (χ2v) is 3.42. The van der Waals surface area contributed by atoms with E-state index in [1.165, 1.54) is 0 Å². The topological polar surface area (TPSA) is 65.8 Å². The molecule has 1 aromatic rings. The molecule has 0 aliphatic heterocycles. The number of urea groups is 1. The van der Waals surface area contributed by atoms with Gasteiger partial charge in [-0.25, -0.2) is 15.6 Å². The van der Waals surface area contributed by atoms with Crippen molar-refractivity contribution in [2.45, 2.75) is 20.3 Å². The zero-order valence-corrected chi connectivity index (χ0v) is 9.97. The molecule has 0 aliphatic carbocycles. The van der Waals surface area contributed by atoms with E-state index in [2.05, 4.69) is 21.1 Å². The fourth-order valence-electron chi connectivity index (χ4n) is 0.955. The van der Waals surface area contributed by atoms with Gasteiger partial charge in [-0.1, -0.05) is 37.3 Å². The highest BCUT2D eigenvalue weighted by Crippen LogP contribution is 1.92. The molecule has 0 unspecified atom stereocenters. The van der Waals surface area contributed by atoms with Gasteiger partial charge in [0, 0.05) is 5.71 Å². The summed E-state index contributed by atoms with van der Waals surface area (Å²) in [5, 5.41) is 7.64. The Bertz CT molecular complexity index is 412. The van der Waals surface area contributed by atoms with Gasteiger partial charge in [0.1, 0.15) is 0 Å². The van der Waals surface area contributed by atoms with E-state index in [9.17, 15) is 4.79 Å². The normalized spacial score (nSPS) is 11.5. The number of rotatable bonds is 4. The highest BCUT2D eigenvalue weighted by Gasteiger charge is 1.94. The molecule has 0 heterocycles. The number of nitrogens with one attached hydrogen (secondary N) is 2. The summed E-state index contributed by atoms with van der Waals surface area (Å²) in [5.74, 6) is 0. The van der Waals surface area contributed by atoms with Crippen LogP contribution in [-0.2, 0) is 0 Å². The molecule has 0 aliphatic rings. The lowest BCUT2D eigenvalue weighted by Crippen LogP contribution is -2.29. The average Bonchev–Trinajstić information content (AvgIpc) is 2.37. The molecule has 2 N–H and O–H groups in total. The van der Waals surface area contributed by atoms with Gasteiger partial charge in [0.15, 0.2) is 0 Å². The van der Waals surface area contributed by atoms with Crippen molar-refractivity contribution in [3.63, 3.8) is 0 Å². The number of benzene rings is 1. The first kappa shape index (κ1) is 12.9. The summed E-state index contributed by atoms with van der Waals surface area (Å²) < 4.78 is 0. The van der Waals surface area contributed by atoms with Crippen molar-refractivity contribution in [1.29, 1.82) is 0 Å². The predicted molar refractivity (Wildman–Crippen MR) is 69.1 cm³/mol. The fourth-order valence-corrected chi connectivity index (χ4v) is 0.955. The molecular weight excluding hydrogens is 216 g/mol. The Morgan fingerprint density at radius 1 is 1.29 bits per heavy atom. The molecule has 0 saturated heterocycles. The molecule has 0 spiro atoms. The maximum Gasteiger partial charge on any atom is 0.355 e. The number of carbonyl (C=O) groups is 1. The summed E-state index contributed by atoms with van der Waals surface area (Å²) >= 11 is 0. The van der Waals surface area contributed by atoms with Crippen LogP contribution >= 0.6 is 0 Å². The van der Waals surface area contributed by atoms with Crippen molar-refractivity contribution in [2.24, 2.45) is 10.2 Å². The quantitative estimate of drug-likeness (QED) is 0.606. The molecule has 0 radical (unpaired) electrons. The molecule has 0 fully saturated rings. The molecule has 1 rings (SSSR count). The van der Waals surface area contributed by atoms with Gasteiger partial charge in [0.2, 0.25) is 0 Å². The summed E-state index contributed by atoms with van der Waals surface area (Å²) in [6.07, 6.45) is 2.36. The minimum atomic E-state index is -0.454. The van der Waals surface area contributed by atoms with Crippen LogP contribution in [-0.4, -0.2) is 18.0 Å². The Kier molecular flexibility index (Phi) is 5.43. The average molecular weight is 232 g/mol. The number of hydrazone groups is 2. The van der Waals surface area contributed by atoms with Crippen LogP contribution in [0.25, 0.3) is 0 Å². The molecule has 0 saturated carbocycles. The molecule has 0 aromatic heterocycles. The van der Waals surface area contributed by atoms with Crippen molar-refractivity contribution in [1.82, 2.24) is 10.9 Å². The zero-order chi connectivity index (χ0) is 12.5. The monoisotopic (exact) mass is 232 g/mol. The van der Waals surface area contributed by atoms with Gasteiger partial charge in [-0.3, -0.25) is 0 Å². The lowest BCUT2D eigenvalue weighted by Gasteiger charge is -1.99. The molecule has 0 bridgehead atoms. The highest BCUT2D eigenvalue weighted by molar-refractivity contribution is 5.84. The molecule has 17 heavy (non-hydrogen) atoms. The number of amides is 2. The van der Waals surface area contributed by atoms with Gasteiger partial charge >= 0.3 is 6.03 Å². The van der Waals surface area contributed by atoms with Crippen molar-refractivity contribution < 1.29 is 4.79 Å². The second kappa shape index (κ2) is 7.16. The SMILES string of the molecule is CCC(C)=NNC(=O)NN=Cc1ccccc1. The fraction of sp³-hybridized carbons (Fsp3) is 0.250. The van der Waals surface area contributed by atoms with Crippen LogP contribution in [0.3, 0.4) is 0 Å². The summed E-state index contributed by atoms with van der Waals surface area (Å²) in [5.41, 5.74) is 6.44. The third kappa shape index (κ3) is 5.46. The Hall–Kier alpha value is -2.17. The van der Waals surface area contributed by atoms with E-state index in [4.69, 9.17) is 0 Å². The maximum atomic E-state index is 11.2. The van der Waals surface area contributed by atoms with Crippen LogP contribution in [0.1, 0.15) is 25.8 Å². The van der Waals surface area contributed by atoms with Crippen LogP contribution in [0.15, 0.2) is 40.5 Å². The highest BCUT2D eigenvalue weighted by atomic mass is 16.2. The van der Waals surface area contributed by atoms with E-state index in [0.717, 1.165) is 17.7 Å². The third-order valence-corrected chi connectivity index (χ3v) is 2.04. The Morgan fingerprint density at radius 2 is 2.00 bits per heavy atom. The second-order valence-electron chi connectivity index (χ2n) is 3.42. The standard InChI is InChI=1S/C12H16N4O/c1-3-10(2)14-16-12(17)15-13-9-11-7-5-4-6-8-11/h4-9H,3H2,1-2H3,(H2,15,16,17). The van der Waals surface area contributed by atoms with Crippen molar-refractivity contribution >= 4 is 18.0 Å². The van der Waals surface area contributed by atoms with Gasteiger partial charge < -0.3 is 0 Å². The summed E-state index contributed by atoms with van der Waals surface area (Å²) in [6, 6.07) is 9.04. The van der Waals surface area contributed by atoms with Gasteiger partial charge in [-0.05, 0) is 18.9 Å². The lowest BCUT2D eigenvalue weighted by molar-refractivity contribution is 0.242. The van der Waals surface area contributed by atoms with Crippen LogP contribution in [0, 0.1) is 0 Å². The Labute approximate surface area is 101 Å². The first-order valence-electron chi connectivity index (χ1n) is 5.39. The Balaban J connectivity index is 2.36. The first-order valence-corrected chi connectivity index (χ1v) is 5.39. The molecule has 1 aromatic carbocycles. The summed E-state index contributed by atoms with van der Waals surface area (Å²) in [6.45, 7) is 3.81. The van der Waals surface area contributed by atoms with E-state index in [1.807, 2.05) is 44.2 Å². The maximum absolute atomic E-state index is 11.2. The van der Waals surface area contributed by atoms with Crippen LogP contribution in [0.4, 0.5) is 4.79 Å². The minimum Gasteiger partial charge on any atom is -0.245 e. The summed E-state index contributed by atoms with van der Waals surface area (Å²) in [4.78, 5) is 11.2. The van der Waals surface area contributed by atoms with E-state index >= 15 is 0 Å². The van der Waals surface area contributed by atoms with Crippen molar-refractivity contribution in [3.8, 4) is 0 Å². The van der Waals surface area contributed by atoms with Crippen LogP contribution in [0.2, 0.25) is 0 Å². The van der Waals surface area contributed by atoms with Gasteiger partial charge in [-0.15, -0.1) is 0 Å². The van der Waals surface area contributed by atoms with Gasteiger partial charge in [-0.2, -0.15) is 10.2 Å². The largest absolute Gasteiger partial charge is 0.355 e. The Morgan fingerprint density at radius 3 is 2.65 bits per heavy atom. The zero-order valence-electron chi connectivity index (χ0n) is 9.97. The van der Waals surface area contributed by atoms with Crippen LogP contribution < -0.4 is 10.9 Å². The number of nitrogens with zero attached hydrogens (tertiary/aromatic N) is 2. The number of hydrogen-bond donors (Lipinski definition) is 2. The van der Waals surface area contributed by atoms with Crippen LogP contribution in [0.5, 0.6) is 0 Å². The summed E-state index contributed by atoms with van der Waals surface area (Å²) in [7, 11) is 0. The molecule has 90 valence electrons. The molecule has 0 atom stereocenters.